The van der Waals surface area contributed by atoms with Crippen LogP contribution in [-0.4, -0.2) is 64.3 Å². The molecule has 7 nitrogen and oxygen atoms in total. The molecular formula is C29H36N2O5. The molecule has 2 aliphatic rings. The van der Waals surface area contributed by atoms with Gasteiger partial charge in [0.2, 0.25) is 0 Å². The third-order valence-corrected chi connectivity index (χ3v) is 6.73. The maximum atomic E-state index is 12.8. The van der Waals surface area contributed by atoms with Crippen molar-refractivity contribution in [1.29, 1.82) is 0 Å². The van der Waals surface area contributed by atoms with Gasteiger partial charge in [-0.25, -0.2) is 4.79 Å². The number of amides is 2. The van der Waals surface area contributed by atoms with Gasteiger partial charge in [-0.1, -0.05) is 12.1 Å². The highest BCUT2D eigenvalue weighted by Crippen LogP contribution is 2.44. The lowest BCUT2D eigenvalue weighted by Crippen LogP contribution is -2.50. The average molecular weight is 493 g/mol. The Morgan fingerprint density at radius 2 is 1.69 bits per heavy atom. The SMILES string of the molecule is CCN(CC)C(=O)c1ccc(C2=CC3(CCN(C(=O)OC(C)(C)C)CC3)Oc3ccc(O)cc32)cc1. The number of phenols is 1. The number of hydrogen-bond donors (Lipinski definition) is 1. The minimum Gasteiger partial charge on any atom is -0.508 e. The molecule has 7 heteroatoms. The third-order valence-electron chi connectivity index (χ3n) is 6.73. The molecule has 2 aliphatic heterocycles. The molecule has 4 rings (SSSR count). The molecule has 0 atom stereocenters. The fourth-order valence-electron chi connectivity index (χ4n) is 4.77. The predicted octanol–water partition coefficient (Wildman–Crippen LogP) is 5.47. The summed E-state index contributed by atoms with van der Waals surface area (Å²) in [7, 11) is 0. The highest BCUT2D eigenvalue weighted by Gasteiger charge is 2.41. The first-order valence-corrected chi connectivity index (χ1v) is 12.7. The number of rotatable bonds is 4. The van der Waals surface area contributed by atoms with E-state index in [4.69, 9.17) is 9.47 Å². The Labute approximate surface area is 213 Å². The first-order chi connectivity index (χ1) is 17.0. The predicted molar refractivity (Wildman–Crippen MR) is 139 cm³/mol. The van der Waals surface area contributed by atoms with Crippen LogP contribution < -0.4 is 4.74 Å². The second kappa shape index (κ2) is 9.88. The second-order valence-electron chi connectivity index (χ2n) is 10.4. The van der Waals surface area contributed by atoms with E-state index in [9.17, 15) is 14.7 Å². The maximum absolute atomic E-state index is 12.8. The van der Waals surface area contributed by atoms with E-state index in [1.807, 2.05) is 58.9 Å². The van der Waals surface area contributed by atoms with E-state index < -0.39 is 11.2 Å². The maximum Gasteiger partial charge on any atom is 0.410 e. The number of carbonyl (C=O) groups is 2. The van der Waals surface area contributed by atoms with Gasteiger partial charge in [0.15, 0.2) is 0 Å². The molecule has 1 spiro atoms. The summed E-state index contributed by atoms with van der Waals surface area (Å²) in [5, 5.41) is 10.2. The summed E-state index contributed by atoms with van der Waals surface area (Å²) in [5.74, 6) is 0.864. The lowest BCUT2D eigenvalue weighted by molar-refractivity contribution is -0.00119. The monoisotopic (exact) mass is 492 g/mol. The van der Waals surface area contributed by atoms with Gasteiger partial charge in [0.05, 0.1) is 0 Å². The van der Waals surface area contributed by atoms with Crippen molar-refractivity contribution in [3.63, 3.8) is 0 Å². The lowest BCUT2D eigenvalue weighted by Gasteiger charge is -2.43. The molecule has 1 saturated heterocycles. The van der Waals surface area contributed by atoms with Crippen molar-refractivity contribution in [2.24, 2.45) is 0 Å². The molecule has 0 saturated carbocycles. The van der Waals surface area contributed by atoms with E-state index in [-0.39, 0.29) is 17.7 Å². The minimum absolute atomic E-state index is 0.0107. The quantitative estimate of drug-likeness (QED) is 0.612. The molecular weight excluding hydrogens is 456 g/mol. The number of ether oxygens (including phenoxy) is 2. The normalized spacial score (nSPS) is 16.6. The molecule has 2 heterocycles. The molecule has 1 N–H and O–H groups in total. The van der Waals surface area contributed by atoms with Gasteiger partial charge in [-0.2, -0.15) is 0 Å². The summed E-state index contributed by atoms with van der Waals surface area (Å²) in [5.41, 5.74) is 2.22. The zero-order chi connectivity index (χ0) is 26.1. The Morgan fingerprint density at radius 3 is 2.28 bits per heavy atom. The molecule has 2 aromatic rings. The van der Waals surface area contributed by atoms with Gasteiger partial charge in [-0.15, -0.1) is 0 Å². The Morgan fingerprint density at radius 1 is 1.06 bits per heavy atom. The van der Waals surface area contributed by atoms with Crippen molar-refractivity contribution in [3.05, 3.63) is 65.2 Å². The van der Waals surface area contributed by atoms with Crippen molar-refractivity contribution in [1.82, 2.24) is 9.80 Å². The molecule has 2 aromatic carbocycles. The Hall–Kier alpha value is -3.48. The van der Waals surface area contributed by atoms with E-state index in [1.54, 1.807) is 28.0 Å². The third kappa shape index (κ3) is 5.35. The molecule has 0 aromatic heterocycles. The largest absolute Gasteiger partial charge is 0.508 e. The van der Waals surface area contributed by atoms with Gasteiger partial charge in [0.1, 0.15) is 22.7 Å². The van der Waals surface area contributed by atoms with Crippen LogP contribution in [0.4, 0.5) is 4.79 Å². The summed E-state index contributed by atoms with van der Waals surface area (Å²) in [6.45, 7) is 11.9. The van der Waals surface area contributed by atoms with Crippen LogP contribution in [0.3, 0.4) is 0 Å². The number of nitrogens with zero attached hydrogens (tertiary/aromatic N) is 2. The topological polar surface area (TPSA) is 79.3 Å². The van der Waals surface area contributed by atoms with Crippen LogP contribution in [0.15, 0.2) is 48.5 Å². The van der Waals surface area contributed by atoms with Gasteiger partial charge in [-0.3, -0.25) is 4.79 Å². The van der Waals surface area contributed by atoms with Crippen molar-refractivity contribution in [2.45, 2.75) is 58.7 Å². The van der Waals surface area contributed by atoms with Gasteiger partial charge in [-0.05, 0) is 82.2 Å². The molecule has 2 amide bonds. The Bertz CT molecular complexity index is 1150. The van der Waals surface area contributed by atoms with Gasteiger partial charge >= 0.3 is 6.09 Å². The highest BCUT2D eigenvalue weighted by atomic mass is 16.6. The van der Waals surface area contributed by atoms with Gasteiger partial charge in [0.25, 0.3) is 5.91 Å². The van der Waals surface area contributed by atoms with E-state index in [0.717, 1.165) is 16.7 Å². The van der Waals surface area contributed by atoms with Crippen LogP contribution in [0.2, 0.25) is 0 Å². The smallest absolute Gasteiger partial charge is 0.410 e. The summed E-state index contributed by atoms with van der Waals surface area (Å²) < 4.78 is 12.0. The van der Waals surface area contributed by atoms with Gasteiger partial charge in [0, 0.05) is 50.1 Å². The summed E-state index contributed by atoms with van der Waals surface area (Å²) >= 11 is 0. The van der Waals surface area contributed by atoms with Gasteiger partial charge < -0.3 is 24.4 Å². The Kier molecular flexibility index (Phi) is 7.03. The van der Waals surface area contributed by atoms with Crippen LogP contribution in [0.25, 0.3) is 5.57 Å². The lowest BCUT2D eigenvalue weighted by atomic mass is 9.82. The Balaban J connectivity index is 1.63. The molecule has 36 heavy (non-hydrogen) atoms. The van der Waals surface area contributed by atoms with Crippen molar-refractivity contribution < 1.29 is 24.2 Å². The van der Waals surface area contributed by atoms with E-state index in [1.165, 1.54) is 0 Å². The van der Waals surface area contributed by atoms with E-state index in [0.29, 0.717) is 50.3 Å². The number of hydrogen-bond acceptors (Lipinski definition) is 5. The number of likely N-dealkylation sites (tertiary alicyclic amines) is 1. The zero-order valence-corrected chi connectivity index (χ0v) is 21.8. The molecule has 0 unspecified atom stereocenters. The number of piperidine rings is 1. The molecule has 192 valence electrons. The fraction of sp³-hybridized carbons (Fsp3) is 0.448. The van der Waals surface area contributed by atoms with Crippen LogP contribution in [0, 0.1) is 0 Å². The first-order valence-electron chi connectivity index (χ1n) is 12.7. The first kappa shape index (κ1) is 25.6. The van der Waals surface area contributed by atoms with Crippen molar-refractivity contribution >= 4 is 17.6 Å². The average Bonchev–Trinajstić information content (AvgIpc) is 2.84. The van der Waals surface area contributed by atoms with Crippen LogP contribution >= 0.6 is 0 Å². The number of benzene rings is 2. The standard InChI is InChI=1S/C29H36N2O5/c1-6-30(7-2)26(33)21-10-8-20(9-11-21)24-19-29(35-25-13-12-22(32)18-23(24)25)14-16-31(17-15-29)27(34)36-28(3,4)5/h8-13,18-19,32H,6-7,14-17H2,1-5H3. The fourth-order valence-corrected chi connectivity index (χ4v) is 4.77. The van der Waals surface area contributed by atoms with Crippen molar-refractivity contribution in [2.75, 3.05) is 26.2 Å². The van der Waals surface area contributed by atoms with Crippen molar-refractivity contribution in [3.8, 4) is 11.5 Å². The van der Waals surface area contributed by atoms with Crippen LogP contribution in [0.5, 0.6) is 11.5 Å². The molecule has 0 aliphatic carbocycles. The minimum atomic E-state index is -0.576. The summed E-state index contributed by atoms with van der Waals surface area (Å²) in [6, 6.07) is 12.7. The van der Waals surface area contributed by atoms with E-state index >= 15 is 0 Å². The summed E-state index contributed by atoms with van der Waals surface area (Å²) in [6.07, 6.45) is 3.04. The van der Waals surface area contributed by atoms with Crippen LogP contribution in [-0.2, 0) is 4.74 Å². The highest BCUT2D eigenvalue weighted by molar-refractivity contribution is 5.95. The molecule has 1 fully saturated rings. The number of phenolic OH excluding ortho intramolecular Hbond substituents is 1. The zero-order valence-electron chi connectivity index (χ0n) is 21.8. The number of aromatic hydroxyl groups is 1. The number of fused-ring (bicyclic) bond motifs is 1. The number of carbonyl (C=O) groups excluding carboxylic acids is 2. The molecule has 0 radical (unpaired) electrons. The second-order valence-corrected chi connectivity index (χ2v) is 10.4. The molecule has 0 bridgehead atoms. The van der Waals surface area contributed by atoms with Crippen LogP contribution in [0.1, 0.15) is 68.9 Å². The van der Waals surface area contributed by atoms with E-state index in [2.05, 4.69) is 6.08 Å². The summed E-state index contributed by atoms with van der Waals surface area (Å²) in [4.78, 5) is 28.9.